The summed E-state index contributed by atoms with van der Waals surface area (Å²) in [6.07, 6.45) is 1.47. The summed E-state index contributed by atoms with van der Waals surface area (Å²) in [5.41, 5.74) is 0.694. The van der Waals surface area contributed by atoms with E-state index in [1.807, 2.05) is 0 Å². The third-order valence-electron chi connectivity index (χ3n) is 2.79. The lowest BCUT2D eigenvalue weighted by molar-refractivity contribution is 0.0966. The van der Waals surface area contributed by atoms with Gasteiger partial charge in [0.2, 0.25) is 0 Å². The summed E-state index contributed by atoms with van der Waals surface area (Å²) in [7, 11) is 4.79. The molecule has 2 aromatic rings. The highest BCUT2D eigenvalue weighted by Gasteiger charge is 2.17. The second-order valence-corrected chi connectivity index (χ2v) is 3.88. The van der Waals surface area contributed by atoms with Gasteiger partial charge in [0.15, 0.2) is 17.3 Å². The topological polar surface area (TPSA) is 51.9 Å². The first-order chi connectivity index (χ1) is 9.17. The van der Waals surface area contributed by atoms with Gasteiger partial charge in [0, 0.05) is 18.8 Å². The van der Waals surface area contributed by atoms with Gasteiger partial charge in [-0.2, -0.15) is 0 Å². The fraction of sp³-hybridized carbons (Fsp3) is 0.214. The number of ether oxygens (including phenoxy) is 2. The number of furan rings is 1. The van der Waals surface area contributed by atoms with Crippen LogP contribution in [0.15, 0.2) is 41.0 Å². The second-order valence-electron chi connectivity index (χ2n) is 3.88. The van der Waals surface area contributed by atoms with Gasteiger partial charge in [-0.15, -0.1) is 0 Å². The van der Waals surface area contributed by atoms with Gasteiger partial charge >= 0.3 is 0 Å². The lowest BCUT2D eigenvalue weighted by Gasteiger charge is -2.17. The number of hydrogen-bond donors (Lipinski definition) is 0. The molecule has 1 heterocycles. The van der Waals surface area contributed by atoms with Crippen LogP contribution in [0, 0.1) is 0 Å². The van der Waals surface area contributed by atoms with Crippen LogP contribution in [-0.2, 0) is 0 Å². The van der Waals surface area contributed by atoms with Crippen molar-refractivity contribution in [1.82, 2.24) is 0 Å². The number of rotatable bonds is 4. The maximum atomic E-state index is 12.1. The van der Waals surface area contributed by atoms with Crippen molar-refractivity contribution in [3.05, 3.63) is 42.4 Å². The summed E-state index contributed by atoms with van der Waals surface area (Å²) < 4.78 is 15.5. The van der Waals surface area contributed by atoms with Crippen LogP contribution in [0.4, 0.5) is 5.69 Å². The van der Waals surface area contributed by atoms with Gasteiger partial charge < -0.3 is 18.8 Å². The molecular formula is C14H15NO4. The van der Waals surface area contributed by atoms with Crippen molar-refractivity contribution in [2.45, 2.75) is 0 Å². The summed E-state index contributed by atoms with van der Waals surface area (Å²) in [5, 5.41) is 0. The molecule has 0 bridgehead atoms. The highest BCUT2D eigenvalue weighted by atomic mass is 16.5. The molecule has 19 heavy (non-hydrogen) atoms. The molecule has 0 N–H and O–H groups in total. The first kappa shape index (κ1) is 13.0. The van der Waals surface area contributed by atoms with Crippen LogP contribution in [0.2, 0.25) is 0 Å². The Morgan fingerprint density at radius 1 is 1.16 bits per heavy atom. The molecule has 5 nitrogen and oxygen atoms in total. The Labute approximate surface area is 111 Å². The minimum atomic E-state index is -0.225. The van der Waals surface area contributed by atoms with Crippen molar-refractivity contribution in [3.63, 3.8) is 0 Å². The number of benzene rings is 1. The highest BCUT2D eigenvalue weighted by Crippen LogP contribution is 2.31. The summed E-state index contributed by atoms with van der Waals surface area (Å²) in [4.78, 5) is 13.6. The molecule has 0 fully saturated rings. The molecule has 0 unspecified atom stereocenters. The second kappa shape index (κ2) is 5.48. The van der Waals surface area contributed by atoms with Crippen LogP contribution in [0.5, 0.6) is 11.5 Å². The average Bonchev–Trinajstić information content (AvgIpc) is 2.99. The van der Waals surface area contributed by atoms with Crippen molar-refractivity contribution in [3.8, 4) is 11.5 Å². The molecule has 100 valence electrons. The summed E-state index contributed by atoms with van der Waals surface area (Å²) >= 11 is 0. The number of amides is 1. The molecule has 0 radical (unpaired) electrons. The molecule has 1 aromatic carbocycles. The van der Waals surface area contributed by atoms with E-state index in [-0.39, 0.29) is 11.7 Å². The highest BCUT2D eigenvalue weighted by molar-refractivity contribution is 6.03. The van der Waals surface area contributed by atoms with Crippen molar-refractivity contribution in [2.75, 3.05) is 26.2 Å². The van der Waals surface area contributed by atoms with E-state index in [0.717, 1.165) is 0 Å². The Bertz CT molecular complexity index is 563. The largest absolute Gasteiger partial charge is 0.493 e. The monoisotopic (exact) mass is 261 g/mol. The lowest BCUT2D eigenvalue weighted by atomic mass is 10.2. The Morgan fingerprint density at radius 2 is 1.89 bits per heavy atom. The first-order valence-corrected chi connectivity index (χ1v) is 5.71. The number of hydrogen-bond acceptors (Lipinski definition) is 4. The van der Waals surface area contributed by atoms with E-state index in [0.29, 0.717) is 17.2 Å². The van der Waals surface area contributed by atoms with Crippen molar-refractivity contribution in [2.24, 2.45) is 0 Å². The third kappa shape index (κ3) is 2.54. The number of methoxy groups -OCH3 is 2. The lowest BCUT2D eigenvalue weighted by Crippen LogP contribution is -2.25. The smallest absolute Gasteiger partial charge is 0.293 e. The molecule has 1 amide bonds. The Morgan fingerprint density at radius 3 is 2.47 bits per heavy atom. The zero-order valence-electron chi connectivity index (χ0n) is 11.0. The molecule has 0 aliphatic heterocycles. The molecule has 0 aliphatic carbocycles. The van der Waals surface area contributed by atoms with E-state index >= 15 is 0 Å². The van der Waals surface area contributed by atoms with Gasteiger partial charge in [0.1, 0.15) is 0 Å². The van der Waals surface area contributed by atoms with Gasteiger partial charge in [0.25, 0.3) is 5.91 Å². The number of carbonyl (C=O) groups excluding carboxylic acids is 1. The van der Waals surface area contributed by atoms with E-state index in [2.05, 4.69) is 0 Å². The fourth-order valence-corrected chi connectivity index (χ4v) is 1.72. The molecule has 0 atom stereocenters. The van der Waals surface area contributed by atoms with Crippen LogP contribution in [0.1, 0.15) is 10.6 Å². The van der Waals surface area contributed by atoms with Gasteiger partial charge in [-0.3, -0.25) is 4.79 Å². The maximum Gasteiger partial charge on any atom is 0.293 e. The van der Waals surface area contributed by atoms with E-state index in [9.17, 15) is 4.79 Å². The van der Waals surface area contributed by atoms with Gasteiger partial charge in [-0.05, 0) is 24.3 Å². The maximum absolute atomic E-state index is 12.1. The quantitative estimate of drug-likeness (QED) is 0.848. The van der Waals surface area contributed by atoms with E-state index < -0.39 is 0 Å². The Hall–Kier alpha value is -2.43. The van der Waals surface area contributed by atoms with Crippen molar-refractivity contribution < 1.29 is 18.7 Å². The summed E-state index contributed by atoms with van der Waals surface area (Å²) in [5.74, 6) is 1.25. The molecule has 0 spiro atoms. The first-order valence-electron chi connectivity index (χ1n) is 5.71. The molecule has 5 heteroatoms. The minimum absolute atomic E-state index is 0.225. The normalized spacial score (nSPS) is 10.1. The van der Waals surface area contributed by atoms with E-state index in [1.54, 1.807) is 51.6 Å². The standard InChI is InChI=1S/C14H15NO4/c1-15(14(16)12-5-4-8-19-12)10-6-7-11(17-2)13(9-10)18-3/h4-9H,1-3H3. The predicted molar refractivity (Wildman–Crippen MR) is 71.0 cm³/mol. The fourth-order valence-electron chi connectivity index (χ4n) is 1.72. The predicted octanol–water partition coefficient (Wildman–Crippen LogP) is 2.57. The van der Waals surface area contributed by atoms with Gasteiger partial charge in [0.05, 0.1) is 20.5 Å². The van der Waals surface area contributed by atoms with Crippen LogP contribution in [0.3, 0.4) is 0 Å². The third-order valence-corrected chi connectivity index (χ3v) is 2.79. The molecule has 1 aromatic heterocycles. The van der Waals surface area contributed by atoms with Gasteiger partial charge in [-0.25, -0.2) is 0 Å². The number of nitrogens with zero attached hydrogens (tertiary/aromatic N) is 1. The minimum Gasteiger partial charge on any atom is -0.493 e. The zero-order chi connectivity index (χ0) is 13.8. The van der Waals surface area contributed by atoms with Crippen molar-refractivity contribution >= 4 is 11.6 Å². The Kier molecular flexibility index (Phi) is 3.75. The van der Waals surface area contributed by atoms with Gasteiger partial charge in [-0.1, -0.05) is 0 Å². The molecule has 0 aliphatic rings. The van der Waals surface area contributed by atoms with E-state index in [1.165, 1.54) is 11.2 Å². The average molecular weight is 261 g/mol. The summed E-state index contributed by atoms with van der Waals surface area (Å²) in [6.45, 7) is 0. The van der Waals surface area contributed by atoms with Crippen LogP contribution >= 0.6 is 0 Å². The SMILES string of the molecule is COc1ccc(N(C)C(=O)c2ccco2)cc1OC. The van der Waals surface area contributed by atoms with Crippen LogP contribution < -0.4 is 14.4 Å². The Balaban J connectivity index is 2.29. The van der Waals surface area contributed by atoms with Crippen molar-refractivity contribution in [1.29, 1.82) is 0 Å². The van der Waals surface area contributed by atoms with E-state index in [4.69, 9.17) is 13.9 Å². The van der Waals surface area contributed by atoms with Crippen LogP contribution in [-0.4, -0.2) is 27.2 Å². The number of carbonyl (C=O) groups is 1. The summed E-state index contributed by atoms with van der Waals surface area (Å²) in [6, 6.07) is 8.57. The molecule has 0 saturated heterocycles. The number of anilines is 1. The molecular weight excluding hydrogens is 246 g/mol. The molecule has 2 rings (SSSR count). The zero-order valence-corrected chi connectivity index (χ0v) is 11.0. The molecule has 0 saturated carbocycles. The van der Waals surface area contributed by atoms with Crippen LogP contribution in [0.25, 0.3) is 0 Å².